The van der Waals surface area contributed by atoms with Crippen molar-refractivity contribution in [3.8, 4) is 5.75 Å². The van der Waals surface area contributed by atoms with Gasteiger partial charge in [0.05, 0.1) is 0 Å². The van der Waals surface area contributed by atoms with Crippen LogP contribution in [0.2, 0.25) is 0 Å². The van der Waals surface area contributed by atoms with E-state index >= 15 is 0 Å². The molecule has 0 bridgehead atoms. The fraction of sp³-hybridized carbons (Fsp3) is 0.333. The number of halogens is 2. The third-order valence-corrected chi connectivity index (χ3v) is 2.30. The number of carboxylic acids is 1. The lowest BCUT2D eigenvalue weighted by atomic mass is 10.1. The highest BCUT2D eigenvalue weighted by molar-refractivity contribution is 5.97. The Hall–Kier alpha value is -2.18. The summed E-state index contributed by atoms with van der Waals surface area (Å²) in [7, 11) is 0. The Labute approximate surface area is 108 Å². The van der Waals surface area contributed by atoms with E-state index in [0.29, 0.717) is 0 Å². The number of carbonyl (C=O) groups is 2. The average molecular weight is 273 g/mol. The monoisotopic (exact) mass is 273 g/mol. The second-order valence-electron chi connectivity index (χ2n) is 4.29. The van der Waals surface area contributed by atoms with E-state index in [4.69, 9.17) is 5.11 Å². The minimum atomic E-state index is -2.94. The summed E-state index contributed by atoms with van der Waals surface area (Å²) in [6.45, 7) is -0.270. The predicted octanol–water partition coefficient (Wildman–Crippen LogP) is 1.88. The molecular formula is C12H13F2NO4. The molecule has 0 saturated carbocycles. The first-order valence-corrected chi connectivity index (χ1v) is 5.33. The second-order valence-corrected chi connectivity index (χ2v) is 4.29. The Morgan fingerprint density at radius 1 is 1.26 bits per heavy atom. The van der Waals surface area contributed by atoms with Gasteiger partial charge in [0, 0.05) is 5.56 Å². The zero-order valence-corrected chi connectivity index (χ0v) is 10.3. The van der Waals surface area contributed by atoms with Gasteiger partial charge in [0.1, 0.15) is 11.3 Å². The van der Waals surface area contributed by atoms with Crippen LogP contribution in [0.5, 0.6) is 5.75 Å². The first-order chi connectivity index (χ1) is 8.72. The van der Waals surface area contributed by atoms with Gasteiger partial charge in [-0.1, -0.05) is 0 Å². The van der Waals surface area contributed by atoms with Crippen LogP contribution in [0.4, 0.5) is 8.78 Å². The molecule has 5 nitrogen and oxygen atoms in total. The summed E-state index contributed by atoms with van der Waals surface area (Å²) in [5.41, 5.74) is -1.27. The van der Waals surface area contributed by atoms with Crippen LogP contribution in [-0.4, -0.2) is 29.1 Å². The molecule has 0 aliphatic heterocycles. The first kappa shape index (κ1) is 14.9. The highest BCUT2D eigenvalue weighted by atomic mass is 19.3. The maximum Gasteiger partial charge on any atom is 0.387 e. The van der Waals surface area contributed by atoms with Crippen LogP contribution in [0, 0.1) is 0 Å². The summed E-state index contributed by atoms with van der Waals surface area (Å²) in [4.78, 5) is 22.6. The largest absolute Gasteiger partial charge is 0.480 e. The molecule has 0 radical (unpaired) electrons. The molecule has 0 heterocycles. The third kappa shape index (κ3) is 4.20. The van der Waals surface area contributed by atoms with Crippen LogP contribution < -0.4 is 10.1 Å². The maximum absolute atomic E-state index is 11.9. The number of amides is 1. The van der Waals surface area contributed by atoms with E-state index in [0.717, 1.165) is 0 Å². The van der Waals surface area contributed by atoms with Crippen LogP contribution in [0.15, 0.2) is 24.3 Å². The summed E-state index contributed by atoms with van der Waals surface area (Å²) in [6.07, 6.45) is 0. The molecule has 1 aromatic carbocycles. The molecule has 0 saturated heterocycles. The average Bonchev–Trinajstić information content (AvgIpc) is 2.28. The van der Waals surface area contributed by atoms with Crippen molar-refractivity contribution in [2.45, 2.75) is 26.0 Å². The lowest BCUT2D eigenvalue weighted by Gasteiger charge is -2.20. The number of rotatable bonds is 5. The molecule has 1 amide bonds. The summed E-state index contributed by atoms with van der Waals surface area (Å²) < 4.78 is 28.0. The number of ether oxygens (including phenoxy) is 1. The van der Waals surface area contributed by atoms with E-state index in [1.807, 2.05) is 0 Å². The topological polar surface area (TPSA) is 75.6 Å². The number of alkyl halides is 2. The van der Waals surface area contributed by atoms with Crippen LogP contribution in [0.3, 0.4) is 0 Å². The molecule has 104 valence electrons. The summed E-state index contributed by atoms with van der Waals surface area (Å²) in [5, 5.41) is 11.2. The van der Waals surface area contributed by atoms with Crippen molar-refractivity contribution >= 4 is 11.9 Å². The molecule has 1 rings (SSSR count). The number of hydrogen-bond donors (Lipinski definition) is 2. The molecule has 0 fully saturated rings. The van der Waals surface area contributed by atoms with E-state index in [1.54, 1.807) is 0 Å². The third-order valence-electron chi connectivity index (χ3n) is 2.30. The lowest BCUT2D eigenvalue weighted by Crippen LogP contribution is -2.49. The van der Waals surface area contributed by atoms with Crippen LogP contribution in [0.25, 0.3) is 0 Å². The number of hydrogen-bond acceptors (Lipinski definition) is 3. The zero-order valence-electron chi connectivity index (χ0n) is 10.3. The van der Waals surface area contributed by atoms with Crippen molar-refractivity contribution in [3.05, 3.63) is 29.8 Å². The van der Waals surface area contributed by atoms with Crippen molar-refractivity contribution in [1.29, 1.82) is 0 Å². The van der Waals surface area contributed by atoms with Crippen molar-refractivity contribution in [3.63, 3.8) is 0 Å². The zero-order chi connectivity index (χ0) is 14.6. The number of nitrogens with one attached hydrogen (secondary N) is 1. The van der Waals surface area contributed by atoms with Gasteiger partial charge in [-0.2, -0.15) is 8.78 Å². The summed E-state index contributed by atoms with van der Waals surface area (Å²) in [6, 6.07) is 4.94. The Morgan fingerprint density at radius 3 is 2.21 bits per heavy atom. The van der Waals surface area contributed by atoms with E-state index < -0.39 is 24.0 Å². The molecule has 1 aromatic rings. The smallest absolute Gasteiger partial charge is 0.387 e. The molecule has 0 aliphatic rings. The Balaban J connectivity index is 2.76. The first-order valence-electron chi connectivity index (χ1n) is 5.33. The van der Waals surface area contributed by atoms with Gasteiger partial charge in [-0.15, -0.1) is 0 Å². The van der Waals surface area contributed by atoms with Crippen LogP contribution >= 0.6 is 0 Å². The van der Waals surface area contributed by atoms with Gasteiger partial charge >= 0.3 is 12.6 Å². The van der Waals surface area contributed by atoms with E-state index in [1.165, 1.54) is 38.1 Å². The van der Waals surface area contributed by atoms with Gasteiger partial charge in [-0.3, -0.25) is 4.79 Å². The summed E-state index contributed by atoms with van der Waals surface area (Å²) >= 11 is 0. The minimum Gasteiger partial charge on any atom is -0.480 e. The predicted molar refractivity (Wildman–Crippen MR) is 62.3 cm³/mol. The number of carboxylic acid groups (broad SMARTS) is 1. The van der Waals surface area contributed by atoms with Crippen molar-refractivity contribution in [2.24, 2.45) is 0 Å². The van der Waals surface area contributed by atoms with Gasteiger partial charge in [0.15, 0.2) is 0 Å². The normalized spacial score (nSPS) is 11.2. The molecule has 19 heavy (non-hydrogen) atoms. The second kappa shape index (κ2) is 5.64. The van der Waals surface area contributed by atoms with E-state index in [9.17, 15) is 18.4 Å². The minimum absolute atomic E-state index is 0.0796. The molecule has 0 spiro atoms. The number of carbonyl (C=O) groups excluding carboxylic acids is 1. The highest BCUT2D eigenvalue weighted by Crippen LogP contribution is 2.15. The quantitative estimate of drug-likeness (QED) is 0.858. The molecule has 0 unspecified atom stereocenters. The molecule has 7 heteroatoms. The lowest BCUT2D eigenvalue weighted by molar-refractivity contribution is -0.143. The molecule has 0 aliphatic carbocycles. The van der Waals surface area contributed by atoms with E-state index in [-0.39, 0.29) is 11.3 Å². The van der Waals surface area contributed by atoms with Crippen LogP contribution in [-0.2, 0) is 4.79 Å². The highest BCUT2D eigenvalue weighted by Gasteiger charge is 2.29. The van der Waals surface area contributed by atoms with Gasteiger partial charge in [0.25, 0.3) is 5.91 Å². The van der Waals surface area contributed by atoms with Crippen molar-refractivity contribution < 1.29 is 28.2 Å². The van der Waals surface area contributed by atoms with Gasteiger partial charge in [-0.25, -0.2) is 4.79 Å². The van der Waals surface area contributed by atoms with E-state index in [2.05, 4.69) is 10.1 Å². The number of benzene rings is 1. The van der Waals surface area contributed by atoms with Crippen LogP contribution in [0.1, 0.15) is 24.2 Å². The standard InChI is InChI=1S/C12H13F2NO4/c1-12(2,10(17)18)15-9(16)7-3-5-8(6-4-7)19-11(13)14/h3-6,11H,1-2H3,(H,15,16)(H,17,18). The van der Waals surface area contributed by atoms with Gasteiger partial charge in [0.2, 0.25) is 0 Å². The summed E-state index contributed by atoms with van der Waals surface area (Å²) in [5.74, 6) is -1.88. The fourth-order valence-corrected chi connectivity index (χ4v) is 1.20. The molecule has 0 atom stereocenters. The SMILES string of the molecule is CC(C)(NC(=O)c1ccc(OC(F)F)cc1)C(=O)O. The number of aliphatic carboxylic acids is 1. The molecule has 2 N–H and O–H groups in total. The molecular weight excluding hydrogens is 260 g/mol. The van der Waals surface area contributed by atoms with Crippen molar-refractivity contribution in [2.75, 3.05) is 0 Å². The van der Waals surface area contributed by atoms with Gasteiger partial charge in [-0.05, 0) is 38.1 Å². The fourth-order valence-electron chi connectivity index (χ4n) is 1.20. The molecule has 0 aromatic heterocycles. The maximum atomic E-state index is 11.9. The Morgan fingerprint density at radius 2 is 1.79 bits per heavy atom. The Bertz CT molecular complexity index is 471. The van der Waals surface area contributed by atoms with Crippen molar-refractivity contribution in [1.82, 2.24) is 5.32 Å². The van der Waals surface area contributed by atoms with Gasteiger partial charge < -0.3 is 15.2 Å². The Kier molecular flexibility index (Phi) is 4.42.